The van der Waals surface area contributed by atoms with Crippen LogP contribution in [-0.2, 0) is 6.54 Å². The molecule has 4 nitrogen and oxygen atoms in total. The molecule has 108 valence electrons. The lowest BCUT2D eigenvalue weighted by Crippen LogP contribution is -2.13. The van der Waals surface area contributed by atoms with Crippen LogP contribution in [0.15, 0.2) is 58.2 Å². The maximum atomic E-state index is 9.20. The Kier molecular flexibility index (Phi) is 5.73. The molecule has 2 aromatic rings. The number of thiophene rings is 1. The molecular formula is C16H11ClN4S. The predicted octanol–water partition coefficient (Wildman–Crippen LogP) is 3.87. The van der Waals surface area contributed by atoms with Crippen molar-refractivity contribution in [2.45, 2.75) is 6.54 Å². The van der Waals surface area contributed by atoms with E-state index in [0.29, 0.717) is 11.6 Å². The third kappa shape index (κ3) is 4.46. The van der Waals surface area contributed by atoms with Gasteiger partial charge in [-0.3, -0.25) is 0 Å². The van der Waals surface area contributed by atoms with Crippen molar-refractivity contribution in [1.82, 2.24) is 5.32 Å². The number of aliphatic imine (C=N–C) groups is 1. The van der Waals surface area contributed by atoms with Crippen LogP contribution in [-0.4, -0.2) is 6.21 Å². The maximum Gasteiger partial charge on any atom is 0.174 e. The van der Waals surface area contributed by atoms with E-state index in [1.54, 1.807) is 18.3 Å². The standard InChI is InChI=1S/C16H11ClN4S/c17-13-4-1-3-12(7-13)10-20-15(8-18)16(9-19)21-11-14-5-2-6-22-14/h1-7,11,20H,10H2/b16-15-,21-11?. The van der Waals surface area contributed by atoms with Gasteiger partial charge in [0.05, 0.1) is 0 Å². The molecule has 0 aliphatic rings. The number of rotatable bonds is 5. The minimum atomic E-state index is 0.0536. The summed E-state index contributed by atoms with van der Waals surface area (Å²) in [5, 5.41) is 23.8. The summed E-state index contributed by atoms with van der Waals surface area (Å²) >= 11 is 7.42. The number of hydrogen-bond donors (Lipinski definition) is 1. The van der Waals surface area contributed by atoms with Gasteiger partial charge in [0.2, 0.25) is 0 Å². The summed E-state index contributed by atoms with van der Waals surface area (Å²) in [7, 11) is 0. The monoisotopic (exact) mass is 326 g/mol. The minimum Gasteiger partial charge on any atom is -0.370 e. The molecule has 0 saturated carbocycles. The molecule has 0 aliphatic carbocycles. The van der Waals surface area contributed by atoms with Gasteiger partial charge in [-0.15, -0.1) is 11.3 Å². The lowest BCUT2D eigenvalue weighted by Gasteiger charge is -2.05. The first-order chi connectivity index (χ1) is 10.7. The van der Waals surface area contributed by atoms with Crippen molar-refractivity contribution in [3.05, 3.63) is 68.6 Å². The molecular weight excluding hydrogens is 316 g/mol. The van der Waals surface area contributed by atoms with Crippen LogP contribution in [0.4, 0.5) is 0 Å². The van der Waals surface area contributed by atoms with Crippen LogP contribution in [0.1, 0.15) is 10.4 Å². The Hall–Kier alpha value is -2.60. The Morgan fingerprint density at radius 3 is 2.77 bits per heavy atom. The highest BCUT2D eigenvalue weighted by Crippen LogP contribution is 2.12. The first kappa shape index (κ1) is 15.8. The van der Waals surface area contributed by atoms with Gasteiger partial charge in [-0.2, -0.15) is 10.5 Å². The number of hydrogen-bond acceptors (Lipinski definition) is 5. The second-order valence-corrected chi connectivity index (χ2v) is 5.62. The summed E-state index contributed by atoms with van der Waals surface area (Å²) in [6.45, 7) is 0.392. The highest BCUT2D eigenvalue weighted by atomic mass is 35.5. The largest absolute Gasteiger partial charge is 0.370 e. The summed E-state index contributed by atoms with van der Waals surface area (Å²) in [5.74, 6) is 0. The van der Waals surface area contributed by atoms with Gasteiger partial charge >= 0.3 is 0 Å². The number of halogens is 1. The topological polar surface area (TPSA) is 72.0 Å². The molecule has 0 atom stereocenters. The van der Waals surface area contributed by atoms with Crippen molar-refractivity contribution in [3.63, 3.8) is 0 Å². The smallest absolute Gasteiger partial charge is 0.174 e. The van der Waals surface area contributed by atoms with Gasteiger partial charge in [-0.05, 0) is 29.1 Å². The van der Waals surface area contributed by atoms with E-state index in [1.807, 2.05) is 41.8 Å². The highest BCUT2D eigenvalue weighted by Gasteiger charge is 2.05. The van der Waals surface area contributed by atoms with Gasteiger partial charge < -0.3 is 5.32 Å². The number of allylic oxidation sites excluding steroid dienone is 2. The van der Waals surface area contributed by atoms with E-state index in [2.05, 4.69) is 10.3 Å². The second kappa shape index (κ2) is 7.99. The van der Waals surface area contributed by atoms with Gasteiger partial charge in [0.25, 0.3) is 0 Å². The molecule has 0 spiro atoms. The zero-order valence-electron chi connectivity index (χ0n) is 11.5. The van der Waals surface area contributed by atoms with Gasteiger partial charge in [0, 0.05) is 22.7 Å². The molecule has 0 bridgehead atoms. The van der Waals surface area contributed by atoms with Crippen LogP contribution in [0.5, 0.6) is 0 Å². The molecule has 0 saturated heterocycles. The molecule has 0 amide bonds. The third-order valence-electron chi connectivity index (χ3n) is 2.68. The van der Waals surface area contributed by atoms with Gasteiger partial charge in [0.1, 0.15) is 12.1 Å². The maximum absolute atomic E-state index is 9.20. The minimum absolute atomic E-state index is 0.0536. The van der Waals surface area contributed by atoms with Crippen LogP contribution in [0.2, 0.25) is 5.02 Å². The van der Waals surface area contributed by atoms with Crippen molar-refractivity contribution >= 4 is 29.2 Å². The molecule has 1 N–H and O–H groups in total. The van der Waals surface area contributed by atoms with Crippen molar-refractivity contribution in [3.8, 4) is 12.1 Å². The first-order valence-electron chi connectivity index (χ1n) is 6.33. The van der Waals surface area contributed by atoms with Gasteiger partial charge in [-0.25, -0.2) is 4.99 Å². The molecule has 1 heterocycles. The van der Waals surface area contributed by atoms with Crippen molar-refractivity contribution in [2.75, 3.05) is 0 Å². The Labute approximate surface area is 137 Å². The molecule has 0 aliphatic heterocycles. The fraction of sp³-hybridized carbons (Fsp3) is 0.0625. The van der Waals surface area contributed by atoms with Gasteiger partial charge in [-0.1, -0.05) is 29.8 Å². The molecule has 22 heavy (non-hydrogen) atoms. The summed E-state index contributed by atoms with van der Waals surface area (Å²) in [5.41, 5.74) is 1.10. The highest BCUT2D eigenvalue weighted by molar-refractivity contribution is 7.11. The fourth-order valence-corrected chi connectivity index (χ4v) is 2.45. The van der Waals surface area contributed by atoms with Gasteiger partial charge in [0.15, 0.2) is 11.4 Å². The molecule has 1 aromatic carbocycles. The van der Waals surface area contributed by atoms with Crippen molar-refractivity contribution in [1.29, 1.82) is 10.5 Å². The van der Waals surface area contributed by atoms with E-state index in [-0.39, 0.29) is 11.4 Å². The number of nitrogens with one attached hydrogen (secondary N) is 1. The SMILES string of the molecule is N#C/C(N=Cc1cccs1)=C(\C#N)NCc1cccc(Cl)c1. The molecule has 0 fully saturated rings. The zero-order valence-corrected chi connectivity index (χ0v) is 13.0. The van der Waals surface area contributed by atoms with E-state index < -0.39 is 0 Å². The Morgan fingerprint density at radius 1 is 1.27 bits per heavy atom. The molecule has 0 radical (unpaired) electrons. The summed E-state index contributed by atoms with van der Waals surface area (Å²) in [6, 6.07) is 15.0. The van der Waals surface area contributed by atoms with Crippen LogP contribution in [0.25, 0.3) is 0 Å². The van der Waals surface area contributed by atoms with Crippen molar-refractivity contribution in [2.24, 2.45) is 4.99 Å². The molecule has 2 rings (SSSR count). The molecule has 1 aromatic heterocycles. The zero-order chi connectivity index (χ0) is 15.8. The van der Waals surface area contributed by atoms with Crippen molar-refractivity contribution < 1.29 is 0 Å². The number of nitrogens with zero attached hydrogens (tertiary/aromatic N) is 3. The number of nitriles is 2. The van der Waals surface area contributed by atoms with E-state index in [4.69, 9.17) is 16.9 Å². The Balaban J connectivity index is 2.13. The Bertz CT molecular complexity index is 779. The average molecular weight is 327 g/mol. The fourth-order valence-electron chi connectivity index (χ4n) is 1.66. The quantitative estimate of drug-likeness (QED) is 0.669. The summed E-state index contributed by atoms with van der Waals surface area (Å²) < 4.78 is 0. The average Bonchev–Trinajstić information content (AvgIpc) is 3.04. The first-order valence-corrected chi connectivity index (χ1v) is 7.59. The molecule has 0 unspecified atom stereocenters. The summed E-state index contributed by atoms with van der Waals surface area (Å²) in [6.07, 6.45) is 1.57. The van der Waals surface area contributed by atoms with Crippen LogP contribution in [0.3, 0.4) is 0 Å². The second-order valence-electron chi connectivity index (χ2n) is 4.20. The van der Waals surface area contributed by atoms with Crippen LogP contribution >= 0.6 is 22.9 Å². The van der Waals surface area contributed by atoms with E-state index in [0.717, 1.165) is 10.4 Å². The molecule has 6 heteroatoms. The predicted molar refractivity (Wildman–Crippen MR) is 88.5 cm³/mol. The van der Waals surface area contributed by atoms with Crippen LogP contribution in [0, 0.1) is 22.7 Å². The summed E-state index contributed by atoms with van der Waals surface area (Å²) in [4.78, 5) is 5.00. The lowest BCUT2D eigenvalue weighted by molar-refractivity contribution is 0.828. The number of benzene rings is 1. The lowest BCUT2D eigenvalue weighted by atomic mass is 10.2. The third-order valence-corrected chi connectivity index (χ3v) is 3.72. The normalized spacial score (nSPS) is 11.6. The van der Waals surface area contributed by atoms with Crippen LogP contribution < -0.4 is 5.32 Å². The van der Waals surface area contributed by atoms with E-state index >= 15 is 0 Å². The van der Waals surface area contributed by atoms with E-state index in [1.165, 1.54) is 11.3 Å². The Morgan fingerprint density at radius 2 is 2.14 bits per heavy atom. The van der Waals surface area contributed by atoms with E-state index in [9.17, 15) is 5.26 Å².